The van der Waals surface area contributed by atoms with Gasteiger partial charge in [-0.15, -0.1) is 0 Å². The van der Waals surface area contributed by atoms with Gasteiger partial charge in [-0.1, -0.05) is 13.3 Å². The zero-order chi connectivity index (χ0) is 17.5. The van der Waals surface area contributed by atoms with Crippen LogP contribution < -0.4 is 22.1 Å². The highest BCUT2D eigenvalue weighted by molar-refractivity contribution is 5.89. The van der Waals surface area contributed by atoms with Crippen molar-refractivity contribution in [2.24, 2.45) is 17.4 Å². The van der Waals surface area contributed by atoms with E-state index in [4.69, 9.17) is 11.5 Å². The Labute approximate surface area is 141 Å². The van der Waals surface area contributed by atoms with Gasteiger partial charge in [0.1, 0.15) is 0 Å². The summed E-state index contributed by atoms with van der Waals surface area (Å²) in [5, 5.41) is 5.99. The quantitative estimate of drug-likeness (QED) is 0.334. The van der Waals surface area contributed by atoms with Gasteiger partial charge < -0.3 is 22.1 Å². The first kappa shape index (κ1) is 22.0. The minimum absolute atomic E-state index is 0.00601. The summed E-state index contributed by atoms with van der Waals surface area (Å²) in [5.74, 6) is 0.0689. The Bertz CT molecular complexity index is 324. The Morgan fingerprint density at radius 3 is 2.26 bits per heavy atom. The van der Waals surface area contributed by atoms with Crippen molar-refractivity contribution in [1.82, 2.24) is 10.6 Å². The monoisotopic (exact) mass is 328 g/mol. The van der Waals surface area contributed by atoms with Crippen molar-refractivity contribution in [3.8, 4) is 0 Å². The lowest BCUT2D eigenvalue weighted by atomic mass is 9.96. The van der Waals surface area contributed by atoms with Crippen LogP contribution in [-0.4, -0.2) is 44.4 Å². The van der Waals surface area contributed by atoms with E-state index in [-0.39, 0.29) is 17.6 Å². The highest BCUT2D eigenvalue weighted by atomic mass is 16.2. The highest BCUT2D eigenvalue weighted by Crippen LogP contribution is 2.14. The van der Waals surface area contributed by atoms with Gasteiger partial charge in [0, 0.05) is 12.3 Å². The van der Waals surface area contributed by atoms with E-state index in [1.54, 1.807) is 0 Å². The second-order valence-electron chi connectivity index (χ2n) is 6.06. The van der Waals surface area contributed by atoms with Crippen molar-refractivity contribution in [2.75, 3.05) is 26.7 Å². The average molecular weight is 329 g/mol. The number of amides is 1. The van der Waals surface area contributed by atoms with Gasteiger partial charge in [0.05, 0.1) is 6.04 Å². The summed E-state index contributed by atoms with van der Waals surface area (Å²) in [4.78, 5) is 24.8. The zero-order valence-corrected chi connectivity index (χ0v) is 14.9. The van der Waals surface area contributed by atoms with Gasteiger partial charge in [0.25, 0.3) is 0 Å². The molecule has 0 fully saturated rings. The SMILES string of the molecule is CC[C@@H](CCCCN)C(=O)NC(CCCN)C(=O)CCCNC. The van der Waals surface area contributed by atoms with Crippen LogP contribution in [-0.2, 0) is 9.59 Å². The Balaban J connectivity index is 4.52. The second-order valence-corrected chi connectivity index (χ2v) is 6.06. The molecule has 0 saturated heterocycles. The fourth-order valence-electron chi connectivity index (χ4n) is 2.59. The Hall–Kier alpha value is -0.980. The maximum Gasteiger partial charge on any atom is 0.223 e. The summed E-state index contributed by atoms with van der Waals surface area (Å²) >= 11 is 0. The van der Waals surface area contributed by atoms with Crippen molar-refractivity contribution in [3.05, 3.63) is 0 Å². The third-order valence-electron chi connectivity index (χ3n) is 4.12. The van der Waals surface area contributed by atoms with E-state index in [2.05, 4.69) is 10.6 Å². The van der Waals surface area contributed by atoms with Crippen LogP contribution in [0.15, 0.2) is 0 Å². The number of rotatable bonds is 15. The van der Waals surface area contributed by atoms with Crippen LogP contribution in [0.25, 0.3) is 0 Å². The van der Waals surface area contributed by atoms with Crippen molar-refractivity contribution >= 4 is 11.7 Å². The summed E-state index contributed by atoms with van der Waals surface area (Å²) in [6.45, 7) is 4.00. The molecule has 0 aromatic rings. The Kier molecular flexibility index (Phi) is 14.0. The van der Waals surface area contributed by atoms with Crippen LogP contribution in [0.5, 0.6) is 0 Å². The van der Waals surface area contributed by atoms with Crippen LogP contribution in [0, 0.1) is 5.92 Å². The molecule has 1 unspecified atom stereocenters. The number of carbonyl (C=O) groups excluding carboxylic acids is 2. The van der Waals surface area contributed by atoms with Crippen LogP contribution in [0.4, 0.5) is 0 Å². The summed E-state index contributed by atoms with van der Waals surface area (Å²) in [6, 6.07) is -0.397. The van der Waals surface area contributed by atoms with Gasteiger partial charge in [-0.2, -0.15) is 0 Å². The highest BCUT2D eigenvalue weighted by Gasteiger charge is 2.23. The number of hydrogen-bond donors (Lipinski definition) is 4. The van der Waals surface area contributed by atoms with Gasteiger partial charge in [0.15, 0.2) is 5.78 Å². The lowest BCUT2D eigenvalue weighted by Gasteiger charge is -2.21. The van der Waals surface area contributed by atoms with Crippen molar-refractivity contribution in [2.45, 2.75) is 64.3 Å². The molecule has 0 aromatic carbocycles. The molecule has 23 heavy (non-hydrogen) atoms. The van der Waals surface area contributed by atoms with Crippen molar-refractivity contribution < 1.29 is 9.59 Å². The molecule has 136 valence electrons. The standard InChI is InChI=1S/C17H36N4O2/c1-3-14(8-4-5-11-18)17(23)21-15(9-6-12-19)16(22)10-7-13-20-2/h14-15,20H,3-13,18-19H2,1-2H3,(H,21,23)/t14-,15?/m0/s1. The molecule has 6 N–H and O–H groups in total. The largest absolute Gasteiger partial charge is 0.346 e. The van der Waals surface area contributed by atoms with Crippen molar-refractivity contribution in [3.63, 3.8) is 0 Å². The van der Waals surface area contributed by atoms with E-state index in [1.807, 2.05) is 14.0 Å². The van der Waals surface area contributed by atoms with E-state index in [0.717, 1.165) is 45.1 Å². The summed E-state index contributed by atoms with van der Waals surface area (Å²) < 4.78 is 0. The minimum Gasteiger partial charge on any atom is -0.346 e. The molecule has 0 rings (SSSR count). The number of ketones is 1. The van der Waals surface area contributed by atoms with E-state index in [1.165, 1.54) is 0 Å². The minimum atomic E-state index is -0.397. The normalized spacial score (nSPS) is 13.6. The van der Waals surface area contributed by atoms with Gasteiger partial charge >= 0.3 is 0 Å². The molecule has 0 heterocycles. The number of carbonyl (C=O) groups is 2. The lowest BCUT2D eigenvalue weighted by Crippen LogP contribution is -2.44. The third kappa shape index (κ3) is 10.4. The fraction of sp³-hybridized carbons (Fsp3) is 0.882. The number of unbranched alkanes of at least 4 members (excludes halogenated alkanes) is 1. The molecular weight excluding hydrogens is 292 g/mol. The van der Waals surface area contributed by atoms with Gasteiger partial charge in [0.2, 0.25) is 5.91 Å². The molecule has 0 spiro atoms. The number of nitrogens with one attached hydrogen (secondary N) is 2. The number of nitrogens with two attached hydrogens (primary N) is 2. The molecule has 0 aliphatic carbocycles. The summed E-state index contributed by atoms with van der Waals surface area (Å²) in [7, 11) is 1.87. The predicted octanol–water partition coefficient (Wildman–Crippen LogP) is 0.934. The maximum atomic E-state index is 12.4. The van der Waals surface area contributed by atoms with E-state index in [9.17, 15) is 9.59 Å². The topological polar surface area (TPSA) is 110 Å². The van der Waals surface area contributed by atoms with E-state index in [0.29, 0.717) is 25.9 Å². The molecule has 0 saturated carbocycles. The van der Waals surface area contributed by atoms with E-state index < -0.39 is 6.04 Å². The number of Topliss-reactive ketones (excluding diaryl/α,β-unsaturated/α-hetero) is 1. The molecule has 0 aliphatic rings. The van der Waals surface area contributed by atoms with Gasteiger partial charge in [-0.05, 0) is 65.2 Å². The first-order valence-corrected chi connectivity index (χ1v) is 8.98. The van der Waals surface area contributed by atoms with Crippen LogP contribution in [0.2, 0.25) is 0 Å². The molecule has 0 aromatic heterocycles. The fourth-order valence-corrected chi connectivity index (χ4v) is 2.59. The van der Waals surface area contributed by atoms with Gasteiger partial charge in [-0.25, -0.2) is 0 Å². The molecule has 0 bridgehead atoms. The number of hydrogen-bond acceptors (Lipinski definition) is 5. The lowest BCUT2D eigenvalue weighted by molar-refractivity contribution is -0.130. The molecule has 0 aliphatic heterocycles. The molecule has 6 heteroatoms. The average Bonchev–Trinajstić information content (AvgIpc) is 2.55. The second kappa shape index (κ2) is 14.6. The van der Waals surface area contributed by atoms with Crippen molar-refractivity contribution in [1.29, 1.82) is 0 Å². The summed E-state index contributed by atoms with van der Waals surface area (Å²) in [5.41, 5.74) is 11.1. The first-order chi connectivity index (χ1) is 11.1. The molecule has 0 radical (unpaired) electrons. The van der Waals surface area contributed by atoms with Gasteiger partial charge in [-0.3, -0.25) is 9.59 Å². The van der Waals surface area contributed by atoms with Crippen LogP contribution >= 0.6 is 0 Å². The summed E-state index contributed by atoms with van der Waals surface area (Å²) in [6.07, 6.45) is 6.14. The van der Waals surface area contributed by atoms with Crippen LogP contribution in [0.1, 0.15) is 58.3 Å². The Morgan fingerprint density at radius 1 is 1.00 bits per heavy atom. The first-order valence-electron chi connectivity index (χ1n) is 8.98. The zero-order valence-electron chi connectivity index (χ0n) is 14.9. The third-order valence-corrected chi connectivity index (χ3v) is 4.12. The Morgan fingerprint density at radius 2 is 1.70 bits per heavy atom. The molecule has 2 atom stereocenters. The molecular formula is C17H36N4O2. The smallest absolute Gasteiger partial charge is 0.223 e. The maximum absolute atomic E-state index is 12.4. The molecule has 6 nitrogen and oxygen atoms in total. The molecule has 1 amide bonds. The van der Waals surface area contributed by atoms with E-state index >= 15 is 0 Å². The van der Waals surface area contributed by atoms with Crippen LogP contribution in [0.3, 0.4) is 0 Å². The predicted molar refractivity (Wildman–Crippen MR) is 95.1 cm³/mol.